The molecule has 0 saturated heterocycles. The van der Waals surface area contributed by atoms with Gasteiger partial charge >= 0.3 is 59.1 Å². The molecule has 2 aromatic rings. The number of hydrogen-bond acceptors (Lipinski definition) is 7. The van der Waals surface area contributed by atoms with E-state index < -0.39 is 30.0 Å². The Balaban J connectivity index is 0.00000578. The van der Waals surface area contributed by atoms with E-state index in [4.69, 9.17) is 4.74 Å². The molecule has 0 saturated carbocycles. The van der Waals surface area contributed by atoms with E-state index >= 15 is 0 Å². The molecular weight excluding hydrogens is 510 g/mol. The van der Waals surface area contributed by atoms with Crippen molar-refractivity contribution in [2.75, 3.05) is 0 Å². The van der Waals surface area contributed by atoms with Gasteiger partial charge in [0.15, 0.2) is 0 Å². The topological polar surface area (TPSA) is 124 Å². The van der Waals surface area contributed by atoms with Crippen molar-refractivity contribution in [1.82, 2.24) is 0 Å². The summed E-state index contributed by atoms with van der Waals surface area (Å²) in [5.74, 6) is -0.612. The van der Waals surface area contributed by atoms with Crippen LogP contribution in [0.2, 0.25) is 0 Å². The Morgan fingerprint density at radius 2 is 1.17 bits per heavy atom. The molecule has 0 amide bonds. The molecule has 0 spiro atoms. The zero-order valence-corrected chi connectivity index (χ0v) is 26.6. The molecule has 0 aliphatic carbocycles. The molecule has 0 fully saturated rings. The van der Waals surface area contributed by atoms with Crippen molar-refractivity contribution in [3.05, 3.63) is 48.0 Å². The van der Waals surface area contributed by atoms with Crippen molar-refractivity contribution < 1.29 is 89.8 Å². The Hall–Kier alpha value is 0.0600. The zero-order chi connectivity index (χ0) is 24.3. The average Bonchev–Trinajstić information content (AvgIpc) is 2.74. The van der Waals surface area contributed by atoms with Crippen LogP contribution in [0.15, 0.2) is 52.3 Å². The molecule has 0 atom stereocenters. The summed E-state index contributed by atoms with van der Waals surface area (Å²) in [4.78, 5) is -1.14. The molecule has 11 heteroatoms. The van der Waals surface area contributed by atoms with Crippen molar-refractivity contribution in [2.24, 2.45) is 0 Å². The molecule has 0 radical (unpaired) electrons. The van der Waals surface area contributed by atoms with Crippen LogP contribution in [0.5, 0.6) is 11.5 Å². The third-order valence-corrected chi connectivity index (χ3v) is 7.29. The number of hydrogen-bond donors (Lipinski definition) is 0. The predicted molar refractivity (Wildman–Crippen MR) is 124 cm³/mol. The monoisotopic (exact) mass is 542 g/mol. The molecule has 2 rings (SSSR count). The Kier molecular flexibility index (Phi) is 17.6. The largest absolute Gasteiger partial charge is 1.00 e. The van der Waals surface area contributed by atoms with E-state index in [1.54, 1.807) is 12.1 Å². The first-order chi connectivity index (χ1) is 15.6. The van der Waals surface area contributed by atoms with Crippen LogP contribution >= 0.6 is 0 Å². The number of unbranched alkanes of at least 4 members (excludes halogenated alkanes) is 9. The second kappa shape index (κ2) is 17.5. The molecule has 7 nitrogen and oxygen atoms in total. The summed E-state index contributed by atoms with van der Waals surface area (Å²) in [7, 11) is -9.74. The van der Waals surface area contributed by atoms with Crippen LogP contribution in [0.25, 0.3) is 0 Å². The first-order valence-corrected chi connectivity index (χ1v) is 14.3. The molecule has 0 aliphatic heterocycles. The van der Waals surface area contributed by atoms with Gasteiger partial charge in [0.25, 0.3) is 0 Å². The van der Waals surface area contributed by atoms with Gasteiger partial charge < -0.3 is 13.8 Å². The van der Waals surface area contributed by atoms with Gasteiger partial charge in [-0.05, 0) is 36.6 Å². The number of ether oxygens (including phenoxy) is 1. The Morgan fingerprint density at radius 3 is 1.71 bits per heavy atom. The molecule has 2 aromatic carbocycles. The third kappa shape index (κ3) is 12.4. The summed E-state index contributed by atoms with van der Waals surface area (Å²) in [6, 6.07) is 9.48. The quantitative estimate of drug-likeness (QED) is 0.173. The van der Waals surface area contributed by atoms with Crippen molar-refractivity contribution in [2.45, 2.75) is 87.3 Å². The van der Waals surface area contributed by atoms with Crippen LogP contribution in [-0.4, -0.2) is 25.9 Å². The van der Waals surface area contributed by atoms with Gasteiger partial charge in [-0.25, -0.2) is 16.8 Å². The molecule has 0 bridgehead atoms. The third-order valence-electron chi connectivity index (χ3n) is 5.45. The molecule has 0 aliphatic rings. The summed E-state index contributed by atoms with van der Waals surface area (Å²) < 4.78 is 76.0. The van der Waals surface area contributed by atoms with E-state index in [0.29, 0.717) is 18.4 Å². The van der Waals surface area contributed by atoms with Crippen LogP contribution in [0.1, 0.15) is 76.7 Å². The van der Waals surface area contributed by atoms with Crippen LogP contribution in [0.3, 0.4) is 0 Å². The standard InChI is InChI=1S/C24H34O7S2.2Na/c1-2-3-4-5-6-7-8-9-10-11-15-20-16-14-18-22(24(20)33(28,29)30)31-21-17-12-13-19-23(21)32(25,26)27;;/h12-14,16-19H,2-11,15H2,1H3,(H,25,26,27)(H,28,29,30);;/q;2*+1/p-2. The first kappa shape index (κ1) is 35.1. The Bertz CT molecular complexity index is 1100. The maximum Gasteiger partial charge on any atom is 1.00 e. The molecule has 0 unspecified atom stereocenters. The fraction of sp³-hybridized carbons (Fsp3) is 0.500. The average molecular weight is 543 g/mol. The van der Waals surface area contributed by atoms with E-state index in [2.05, 4.69) is 6.92 Å². The van der Waals surface area contributed by atoms with Gasteiger partial charge in [-0.1, -0.05) is 89.0 Å². The molecular formula is C24H32Na2O7S2. The van der Waals surface area contributed by atoms with E-state index in [9.17, 15) is 25.9 Å². The minimum absolute atomic E-state index is 0. The molecule has 0 N–H and O–H groups in total. The Labute approximate surface area is 254 Å². The SMILES string of the molecule is CCCCCCCCCCCCc1cccc(Oc2ccccc2S(=O)(=O)[O-])c1S(=O)(=O)[O-].[Na+].[Na+]. The number of aryl methyl sites for hydroxylation is 1. The van der Waals surface area contributed by atoms with Crippen LogP contribution in [-0.2, 0) is 26.7 Å². The fourth-order valence-corrected chi connectivity index (χ4v) is 5.23. The maximum absolute atomic E-state index is 12.0. The molecule has 184 valence electrons. The number of benzene rings is 2. The fourth-order valence-electron chi connectivity index (χ4n) is 3.78. The first-order valence-electron chi connectivity index (χ1n) is 11.4. The minimum atomic E-state index is -4.90. The van der Waals surface area contributed by atoms with Gasteiger partial charge in [0.2, 0.25) is 0 Å². The van der Waals surface area contributed by atoms with Gasteiger partial charge in [-0.3, -0.25) is 0 Å². The minimum Gasteiger partial charge on any atom is -0.744 e. The molecule has 35 heavy (non-hydrogen) atoms. The van der Waals surface area contributed by atoms with Gasteiger partial charge in [0.05, 0.1) is 4.90 Å². The van der Waals surface area contributed by atoms with E-state index in [1.165, 1.54) is 62.8 Å². The Morgan fingerprint density at radius 1 is 0.657 bits per heavy atom. The summed E-state index contributed by atoms with van der Waals surface area (Å²) in [5.41, 5.74) is 0.324. The van der Waals surface area contributed by atoms with Gasteiger partial charge in [-0.2, -0.15) is 0 Å². The van der Waals surface area contributed by atoms with Gasteiger partial charge in [0, 0.05) is 0 Å². The summed E-state index contributed by atoms with van der Waals surface area (Å²) in [5, 5.41) is 0. The van der Waals surface area contributed by atoms with E-state index in [1.807, 2.05) is 0 Å². The second-order valence-electron chi connectivity index (χ2n) is 8.13. The van der Waals surface area contributed by atoms with Crippen LogP contribution < -0.4 is 63.9 Å². The van der Waals surface area contributed by atoms with Crippen molar-refractivity contribution in [1.29, 1.82) is 0 Å². The smallest absolute Gasteiger partial charge is 0.744 e. The molecule has 0 heterocycles. The summed E-state index contributed by atoms with van der Waals surface area (Å²) >= 11 is 0. The maximum atomic E-state index is 12.0. The summed E-state index contributed by atoms with van der Waals surface area (Å²) in [6.45, 7) is 2.20. The van der Waals surface area contributed by atoms with E-state index in [0.717, 1.165) is 25.3 Å². The van der Waals surface area contributed by atoms with Gasteiger partial charge in [-0.15, -0.1) is 0 Å². The van der Waals surface area contributed by atoms with Crippen molar-refractivity contribution >= 4 is 20.2 Å². The zero-order valence-electron chi connectivity index (χ0n) is 21.0. The molecule has 0 aromatic heterocycles. The number of para-hydroxylation sites is 1. The second-order valence-corrected chi connectivity index (χ2v) is 10.8. The predicted octanol–water partition coefficient (Wildman–Crippen LogP) is -0.241. The van der Waals surface area contributed by atoms with Gasteiger partial charge in [0.1, 0.15) is 36.6 Å². The van der Waals surface area contributed by atoms with Crippen LogP contribution in [0.4, 0.5) is 0 Å². The van der Waals surface area contributed by atoms with E-state index in [-0.39, 0.29) is 70.6 Å². The van der Waals surface area contributed by atoms with Crippen molar-refractivity contribution in [3.63, 3.8) is 0 Å². The normalized spacial score (nSPS) is 11.4. The van der Waals surface area contributed by atoms with Crippen molar-refractivity contribution in [3.8, 4) is 11.5 Å². The summed E-state index contributed by atoms with van der Waals surface area (Å²) in [6.07, 6.45) is 11.7. The van der Waals surface area contributed by atoms with Crippen LogP contribution in [0, 0.1) is 0 Å². The number of rotatable bonds is 15.